The first-order valence-corrected chi connectivity index (χ1v) is 4.59. The van der Waals surface area contributed by atoms with Gasteiger partial charge in [0.15, 0.2) is 5.82 Å². The first-order valence-electron chi connectivity index (χ1n) is 4.59. The zero-order valence-electron chi connectivity index (χ0n) is 8.38. The summed E-state index contributed by atoms with van der Waals surface area (Å²) in [4.78, 5) is 16.5. The molecule has 0 spiro atoms. The summed E-state index contributed by atoms with van der Waals surface area (Å²) >= 11 is 0. The summed E-state index contributed by atoms with van der Waals surface area (Å²) < 4.78 is 0. The van der Waals surface area contributed by atoms with Crippen LogP contribution in [-0.2, 0) is 6.54 Å². The Bertz CT molecular complexity index is 452. The van der Waals surface area contributed by atoms with Crippen molar-refractivity contribution in [2.45, 2.75) is 13.5 Å². The van der Waals surface area contributed by atoms with Crippen molar-refractivity contribution in [3.05, 3.63) is 36.0 Å². The fraction of sp³-hybridized carbons (Fsp3) is 0.200. The van der Waals surface area contributed by atoms with Crippen molar-refractivity contribution in [1.82, 2.24) is 19.9 Å². The van der Waals surface area contributed by atoms with E-state index in [1.54, 1.807) is 18.5 Å². The van der Waals surface area contributed by atoms with Gasteiger partial charge in [0.1, 0.15) is 12.0 Å². The second-order valence-electron chi connectivity index (χ2n) is 3.18. The SMILES string of the molecule is Cc1cnc(-c2cc(CN)ncn2)nc1. The quantitative estimate of drug-likeness (QED) is 0.773. The van der Waals surface area contributed by atoms with Crippen molar-refractivity contribution in [2.75, 3.05) is 0 Å². The minimum atomic E-state index is 0.390. The Hall–Kier alpha value is -1.88. The van der Waals surface area contributed by atoms with Crippen molar-refractivity contribution in [2.24, 2.45) is 5.73 Å². The number of hydrogen-bond donors (Lipinski definition) is 1. The van der Waals surface area contributed by atoms with Crippen molar-refractivity contribution in [1.29, 1.82) is 0 Å². The van der Waals surface area contributed by atoms with E-state index in [0.29, 0.717) is 18.1 Å². The van der Waals surface area contributed by atoms with E-state index in [1.807, 2.05) is 6.92 Å². The fourth-order valence-electron chi connectivity index (χ4n) is 1.16. The Morgan fingerprint density at radius 1 is 1.13 bits per heavy atom. The minimum Gasteiger partial charge on any atom is -0.325 e. The molecule has 0 radical (unpaired) electrons. The molecule has 0 aromatic carbocycles. The number of nitrogens with zero attached hydrogens (tertiary/aromatic N) is 4. The maximum atomic E-state index is 5.49. The summed E-state index contributed by atoms with van der Waals surface area (Å²) in [6.07, 6.45) is 4.99. The van der Waals surface area contributed by atoms with Crippen LogP contribution in [-0.4, -0.2) is 19.9 Å². The van der Waals surface area contributed by atoms with Crippen LogP contribution in [0.15, 0.2) is 24.8 Å². The lowest BCUT2D eigenvalue weighted by atomic mass is 10.3. The van der Waals surface area contributed by atoms with E-state index < -0.39 is 0 Å². The van der Waals surface area contributed by atoms with Crippen LogP contribution >= 0.6 is 0 Å². The van der Waals surface area contributed by atoms with Crippen LogP contribution in [0.4, 0.5) is 0 Å². The summed E-state index contributed by atoms with van der Waals surface area (Å²) in [6.45, 7) is 2.33. The molecule has 0 fully saturated rings. The molecule has 0 aliphatic rings. The molecule has 0 unspecified atom stereocenters. The van der Waals surface area contributed by atoms with Gasteiger partial charge in [-0.25, -0.2) is 19.9 Å². The monoisotopic (exact) mass is 201 g/mol. The zero-order valence-corrected chi connectivity index (χ0v) is 8.38. The second kappa shape index (κ2) is 4.10. The van der Waals surface area contributed by atoms with E-state index in [4.69, 9.17) is 5.73 Å². The second-order valence-corrected chi connectivity index (χ2v) is 3.18. The molecule has 2 aromatic heterocycles. The van der Waals surface area contributed by atoms with Crippen LogP contribution in [0.3, 0.4) is 0 Å². The number of nitrogens with two attached hydrogens (primary N) is 1. The smallest absolute Gasteiger partial charge is 0.178 e. The maximum absolute atomic E-state index is 5.49. The summed E-state index contributed by atoms with van der Waals surface area (Å²) in [5.74, 6) is 0.595. The van der Waals surface area contributed by atoms with Gasteiger partial charge in [0.05, 0.1) is 5.69 Å². The molecule has 2 aromatic rings. The molecule has 5 nitrogen and oxygen atoms in total. The molecule has 5 heteroatoms. The Balaban J connectivity index is 2.40. The molecule has 76 valence electrons. The Morgan fingerprint density at radius 2 is 1.87 bits per heavy atom. The molecule has 2 rings (SSSR count). The molecule has 0 aliphatic heterocycles. The lowest BCUT2D eigenvalue weighted by Gasteiger charge is -2.00. The normalized spacial score (nSPS) is 10.3. The summed E-state index contributed by atoms with van der Waals surface area (Å²) in [5, 5.41) is 0. The highest BCUT2D eigenvalue weighted by Gasteiger charge is 2.03. The Morgan fingerprint density at radius 3 is 2.53 bits per heavy atom. The fourth-order valence-corrected chi connectivity index (χ4v) is 1.16. The van der Waals surface area contributed by atoms with Gasteiger partial charge in [0.2, 0.25) is 0 Å². The molecular weight excluding hydrogens is 190 g/mol. The number of rotatable bonds is 2. The first-order chi connectivity index (χ1) is 7.29. The van der Waals surface area contributed by atoms with E-state index in [9.17, 15) is 0 Å². The Kier molecular flexibility index (Phi) is 2.64. The molecule has 0 aliphatic carbocycles. The van der Waals surface area contributed by atoms with Crippen molar-refractivity contribution in [3.8, 4) is 11.5 Å². The summed E-state index contributed by atoms with van der Waals surface area (Å²) in [5.41, 5.74) is 7.99. The highest BCUT2D eigenvalue weighted by Crippen LogP contribution is 2.10. The molecule has 0 atom stereocenters. The van der Waals surface area contributed by atoms with E-state index >= 15 is 0 Å². The van der Waals surface area contributed by atoms with Gasteiger partial charge in [-0.3, -0.25) is 0 Å². The highest BCUT2D eigenvalue weighted by molar-refractivity contribution is 5.48. The van der Waals surface area contributed by atoms with Crippen LogP contribution < -0.4 is 5.73 Å². The molecule has 2 heterocycles. The molecule has 0 amide bonds. The van der Waals surface area contributed by atoms with E-state index in [2.05, 4.69) is 19.9 Å². The number of aryl methyl sites for hydroxylation is 1. The minimum absolute atomic E-state index is 0.390. The standard InChI is InChI=1S/C10H11N5/c1-7-4-12-10(13-5-7)9-2-8(3-11)14-6-15-9/h2,4-6H,3,11H2,1H3. The lowest BCUT2D eigenvalue weighted by molar-refractivity contribution is 0.959. The average Bonchev–Trinajstić information content (AvgIpc) is 2.30. The number of aromatic nitrogens is 4. The van der Waals surface area contributed by atoms with Crippen molar-refractivity contribution >= 4 is 0 Å². The lowest BCUT2D eigenvalue weighted by Crippen LogP contribution is -2.01. The van der Waals surface area contributed by atoms with Crippen LogP contribution in [0.5, 0.6) is 0 Å². The van der Waals surface area contributed by atoms with Crippen LogP contribution in [0.2, 0.25) is 0 Å². The van der Waals surface area contributed by atoms with Gasteiger partial charge in [-0.2, -0.15) is 0 Å². The van der Waals surface area contributed by atoms with Gasteiger partial charge in [-0.1, -0.05) is 0 Å². The van der Waals surface area contributed by atoms with Crippen LogP contribution in [0.25, 0.3) is 11.5 Å². The predicted octanol–water partition coefficient (Wildman–Crippen LogP) is 0.701. The molecule has 0 saturated carbocycles. The molecule has 0 bridgehead atoms. The first kappa shape index (κ1) is 9.67. The topological polar surface area (TPSA) is 77.6 Å². The third-order valence-electron chi connectivity index (χ3n) is 1.94. The van der Waals surface area contributed by atoms with Gasteiger partial charge in [-0.15, -0.1) is 0 Å². The van der Waals surface area contributed by atoms with Gasteiger partial charge < -0.3 is 5.73 Å². The van der Waals surface area contributed by atoms with Gasteiger partial charge in [0, 0.05) is 18.9 Å². The molecule has 0 saturated heterocycles. The molecular formula is C10H11N5. The third-order valence-corrected chi connectivity index (χ3v) is 1.94. The highest BCUT2D eigenvalue weighted by atomic mass is 14.9. The van der Waals surface area contributed by atoms with E-state index in [1.165, 1.54) is 6.33 Å². The van der Waals surface area contributed by atoms with Crippen molar-refractivity contribution in [3.63, 3.8) is 0 Å². The van der Waals surface area contributed by atoms with E-state index in [-0.39, 0.29) is 0 Å². The zero-order chi connectivity index (χ0) is 10.7. The van der Waals surface area contributed by atoms with Crippen LogP contribution in [0.1, 0.15) is 11.3 Å². The Labute approximate surface area is 87.4 Å². The van der Waals surface area contributed by atoms with Crippen LogP contribution in [0, 0.1) is 6.92 Å². The summed E-state index contributed by atoms with van der Waals surface area (Å²) in [7, 11) is 0. The average molecular weight is 201 g/mol. The summed E-state index contributed by atoms with van der Waals surface area (Å²) in [6, 6.07) is 1.80. The third kappa shape index (κ3) is 2.13. The largest absolute Gasteiger partial charge is 0.325 e. The van der Waals surface area contributed by atoms with Gasteiger partial charge in [0.25, 0.3) is 0 Å². The molecule has 15 heavy (non-hydrogen) atoms. The van der Waals surface area contributed by atoms with Gasteiger partial charge in [-0.05, 0) is 18.6 Å². The molecule has 2 N–H and O–H groups in total. The van der Waals surface area contributed by atoms with Crippen molar-refractivity contribution < 1.29 is 0 Å². The number of hydrogen-bond acceptors (Lipinski definition) is 5. The van der Waals surface area contributed by atoms with Gasteiger partial charge >= 0.3 is 0 Å². The predicted molar refractivity (Wildman–Crippen MR) is 55.7 cm³/mol. The maximum Gasteiger partial charge on any atom is 0.178 e. The van der Waals surface area contributed by atoms with E-state index in [0.717, 1.165) is 11.3 Å².